The van der Waals surface area contributed by atoms with Crippen LogP contribution in [0.15, 0.2) is 24.3 Å². The van der Waals surface area contributed by atoms with E-state index in [0.29, 0.717) is 13.3 Å². The zero-order chi connectivity index (χ0) is 12.3. The van der Waals surface area contributed by atoms with Crippen molar-refractivity contribution in [2.24, 2.45) is 0 Å². The summed E-state index contributed by atoms with van der Waals surface area (Å²) in [5.41, 5.74) is 0.949. The zero-order valence-electron chi connectivity index (χ0n) is 9.55. The molecule has 1 aliphatic rings. The fourth-order valence-electron chi connectivity index (χ4n) is 1.83. The van der Waals surface area contributed by atoms with Crippen LogP contribution in [0, 0.1) is 0 Å². The Kier molecular flexibility index (Phi) is 3.27. The number of amides is 1. The Morgan fingerprint density at radius 3 is 3.06 bits per heavy atom. The van der Waals surface area contributed by atoms with Crippen LogP contribution >= 0.6 is 0 Å². The summed E-state index contributed by atoms with van der Waals surface area (Å²) in [6.07, 6.45) is 0.738. The van der Waals surface area contributed by atoms with Crippen LogP contribution in [0.2, 0.25) is 0 Å². The number of hydrogen-bond donors (Lipinski definition) is 1. The smallest absolute Gasteiger partial charge is 0.217 e. The van der Waals surface area contributed by atoms with Gasteiger partial charge in [-0.05, 0) is 12.1 Å². The summed E-state index contributed by atoms with van der Waals surface area (Å²) in [5, 5.41) is 2.58. The number of nitrogens with one attached hydrogen (secondary N) is 1. The molecule has 17 heavy (non-hydrogen) atoms. The van der Waals surface area contributed by atoms with Crippen LogP contribution in [-0.2, 0) is 9.59 Å². The van der Waals surface area contributed by atoms with Crippen LogP contribution in [0.25, 0.3) is 0 Å². The third-order valence-electron chi connectivity index (χ3n) is 2.55. The number of carbonyl (C=O) groups excluding carboxylic acids is 2. The lowest BCUT2D eigenvalue weighted by molar-refractivity contribution is -0.122. The predicted molar refractivity (Wildman–Crippen MR) is 63.0 cm³/mol. The summed E-state index contributed by atoms with van der Waals surface area (Å²) in [6.45, 7) is 2.22. The molecule has 0 saturated heterocycles. The first-order chi connectivity index (χ1) is 8.20. The molecule has 5 nitrogen and oxygen atoms in total. The molecule has 5 heteroatoms. The minimum Gasteiger partial charge on any atom is -0.471 e. The van der Waals surface area contributed by atoms with Gasteiger partial charge in [0.15, 0.2) is 6.73 Å². The molecule has 1 aromatic carbocycles. The van der Waals surface area contributed by atoms with E-state index in [1.807, 2.05) is 29.2 Å². The van der Waals surface area contributed by atoms with E-state index in [9.17, 15) is 9.59 Å². The van der Waals surface area contributed by atoms with Crippen LogP contribution in [0.1, 0.15) is 6.92 Å². The molecule has 0 spiro atoms. The number of benzene rings is 1. The van der Waals surface area contributed by atoms with Gasteiger partial charge in [0, 0.05) is 13.5 Å². The number of anilines is 1. The summed E-state index contributed by atoms with van der Waals surface area (Å²) in [4.78, 5) is 23.7. The Labute approximate surface area is 99.4 Å². The topological polar surface area (TPSA) is 58.6 Å². The maximum Gasteiger partial charge on any atom is 0.217 e. The maximum atomic E-state index is 10.9. The molecule has 1 heterocycles. The molecule has 0 radical (unpaired) electrons. The second-order valence-electron chi connectivity index (χ2n) is 3.91. The van der Waals surface area contributed by atoms with Crippen molar-refractivity contribution in [1.29, 1.82) is 0 Å². The molecule has 1 atom stereocenters. The van der Waals surface area contributed by atoms with Gasteiger partial charge in [0.1, 0.15) is 18.1 Å². The van der Waals surface area contributed by atoms with Gasteiger partial charge in [-0.2, -0.15) is 0 Å². The van der Waals surface area contributed by atoms with Crippen molar-refractivity contribution in [3.05, 3.63) is 24.3 Å². The minimum atomic E-state index is -0.512. The zero-order valence-corrected chi connectivity index (χ0v) is 9.55. The first-order valence-corrected chi connectivity index (χ1v) is 5.40. The number of rotatable bonds is 4. The Bertz CT molecular complexity index is 434. The van der Waals surface area contributed by atoms with Gasteiger partial charge in [0.2, 0.25) is 5.91 Å². The molecular weight excluding hydrogens is 220 g/mol. The van der Waals surface area contributed by atoms with Crippen molar-refractivity contribution in [2.75, 3.05) is 18.2 Å². The molecule has 1 amide bonds. The maximum absolute atomic E-state index is 10.9. The quantitative estimate of drug-likeness (QED) is 0.773. The highest BCUT2D eigenvalue weighted by Crippen LogP contribution is 2.32. The fraction of sp³-hybridized carbons (Fsp3) is 0.333. The first kappa shape index (κ1) is 11.4. The van der Waals surface area contributed by atoms with E-state index >= 15 is 0 Å². The SMILES string of the molecule is CC(=O)N[C@H](C=O)CN1COc2ccccc21. The molecule has 0 aliphatic carbocycles. The number of nitrogens with zero attached hydrogens (tertiary/aromatic N) is 1. The lowest BCUT2D eigenvalue weighted by Crippen LogP contribution is -2.44. The second-order valence-corrected chi connectivity index (χ2v) is 3.91. The van der Waals surface area contributed by atoms with E-state index < -0.39 is 6.04 Å². The van der Waals surface area contributed by atoms with Gasteiger partial charge in [0.05, 0.1) is 5.69 Å². The molecule has 0 unspecified atom stereocenters. The Hall–Kier alpha value is -2.04. The Morgan fingerprint density at radius 2 is 2.35 bits per heavy atom. The van der Waals surface area contributed by atoms with Gasteiger partial charge in [-0.1, -0.05) is 12.1 Å². The van der Waals surface area contributed by atoms with Crippen molar-refractivity contribution >= 4 is 17.9 Å². The van der Waals surface area contributed by atoms with Gasteiger partial charge in [-0.15, -0.1) is 0 Å². The Morgan fingerprint density at radius 1 is 1.59 bits per heavy atom. The number of carbonyl (C=O) groups is 2. The molecule has 1 N–H and O–H groups in total. The van der Waals surface area contributed by atoms with E-state index in [4.69, 9.17) is 4.74 Å². The van der Waals surface area contributed by atoms with Crippen LogP contribution < -0.4 is 15.0 Å². The minimum absolute atomic E-state index is 0.212. The molecule has 2 rings (SSSR count). The monoisotopic (exact) mass is 234 g/mol. The van der Waals surface area contributed by atoms with E-state index in [1.165, 1.54) is 6.92 Å². The lowest BCUT2D eigenvalue weighted by Gasteiger charge is -2.20. The van der Waals surface area contributed by atoms with Crippen LogP contribution in [0.5, 0.6) is 5.75 Å². The molecule has 0 saturated carbocycles. The van der Waals surface area contributed by atoms with Gasteiger partial charge in [-0.25, -0.2) is 0 Å². The summed E-state index contributed by atoms with van der Waals surface area (Å²) >= 11 is 0. The molecule has 1 aliphatic heterocycles. The molecule has 0 fully saturated rings. The summed E-state index contributed by atoms with van der Waals surface area (Å²) in [6, 6.07) is 7.10. The van der Waals surface area contributed by atoms with Crippen molar-refractivity contribution < 1.29 is 14.3 Å². The van der Waals surface area contributed by atoms with Crippen LogP contribution in [0.3, 0.4) is 0 Å². The third kappa shape index (κ3) is 2.55. The molecule has 1 aromatic rings. The number of para-hydroxylation sites is 2. The third-order valence-corrected chi connectivity index (χ3v) is 2.55. The van der Waals surface area contributed by atoms with Gasteiger partial charge < -0.3 is 19.7 Å². The van der Waals surface area contributed by atoms with E-state index in [0.717, 1.165) is 17.7 Å². The highest BCUT2D eigenvalue weighted by atomic mass is 16.5. The normalized spacial score (nSPS) is 14.8. The summed E-state index contributed by atoms with van der Waals surface area (Å²) in [5.74, 6) is 0.593. The van der Waals surface area contributed by atoms with Gasteiger partial charge >= 0.3 is 0 Å². The Balaban J connectivity index is 2.05. The average Bonchev–Trinajstić information content (AvgIpc) is 2.71. The highest BCUT2D eigenvalue weighted by molar-refractivity contribution is 5.77. The lowest BCUT2D eigenvalue weighted by atomic mass is 10.2. The number of fused-ring (bicyclic) bond motifs is 1. The predicted octanol–water partition coefficient (Wildman–Crippen LogP) is 0.546. The van der Waals surface area contributed by atoms with E-state index in [2.05, 4.69) is 5.32 Å². The largest absolute Gasteiger partial charge is 0.471 e. The van der Waals surface area contributed by atoms with Crippen LogP contribution in [-0.4, -0.2) is 31.5 Å². The second kappa shape index (κ2) is 4.86. The number of aldehydes is 1. The summed E-state index contributed by atoms with van der Waals surface area (Å²) in [7, 11) is 0. The number of hydrogen-bond acceptors (Lipinski definition) is 4. The molecular formula is C12H14N2O3. The standard InChI is InChI=1S/C12H14N2O3/c1-9(16)13-10(7-15)6-14-8-17-12-5-3-2-4-11(12)14/h2-5,7,10H,6,8H2,1H3,(H,13,16)/t10-/m0/s1. The number of ether oxygens (including phenoxy) is 1. The van der Waals surface area contributed by atoms with Crippen molar-refractivity contribution in [3.8, 4) is 5.75 Å². The first-order valence-electron chi connectivity index (χ1n) is 5.40. The van der Waals surface area contributed by atoms with E-state index in [-0.39, 0.29) is 5.91 Å². The molecule has 90 valence electrons. The van der Waals surface area contributed by atoms with Crippen molar-refractivity contribution in [1.82, 2.24) is 5.32 Å². The fourth-order valence-corrected chi connectivity index (χ4v) is 1.83. The average molecular weight is 234 g/mol. The van der Waals surface area contributed by atoms with Crippen molar-refractivity contribution in [2.45, 2.75) is 13.0 Å². The van der Waals surface area contributed by atoms with Crippen LogP contribution in [0.4, 0.5) is 5.69 Å². The molecule has 0 aromatic heterocycles. The van der Waals surface area contributed by atoms with Gasteiger partial charge in [-0.3, -0.25) is 4.79 Å². The van der Waals surface area contributed by atoms with Gasteiger partial charge in [0.25, 0.3) is 0 Å². The van der Waals surface area contributed by atoms with Crippen molar-refractivity contribution in [3.63, 3.8) is 0 Å². The summed E-state index contributed by atoms with van der Waals surface area (Å²) < 4.78 is 5.46. The van der Waals surface area contributed by atoms with E-state index in [1.54, 1.807) is 0 Å². The molecule has 0 bridgehead atoms. The highest BCUT2D eigenvalue weighted by Gasteiger charge is 2.22.